The van der Waals surface area contributed by atoms with Gasteiger partial charge >= 0.3 is 0 Å². The van der Waals surface area contributed by atoms with Crippen molar-refractivity contribution in [2.24, 2.45) is 0 Å². The van der Waals surface area contributed by atoms with Crippen molar-refractivity contribution in [3.8, 4) is 11.5 Å². The lowest BCUT2D eigenvalue weighted by atomic mass is 10.1. The van der Waals surface area contributed by atoms with Crippen molar-refractivity contribution in [1.29, 1.82) is 0 Å². The number of amides is 2. The number of hydrogen-bond donors (Lipinski definition) is 2. The highest BCUT2D eigenvalue weighted by Crippen LogP contribution is 2.32. The molecule has 1 aromatic heterocycles. The topological polar surface area (TPSA) is 103 Å². The van der Waals surface area contributed by atoms with E-state index >= 15 is 0 Å². The number of rotatable bonds is 4. The van der Waals surface area contributed by atoms with Crippen LogP contribution in [0.15, 0.2) is 22.7 Å². The van der Waals surface area contributed by atoms with Crippen molar-refractivity contribution in [2.75, 3.05) is 6.79 Å². The maximum absolute atomic E-state index is 12.0. The Morgan fingerprint density at radius 3 is 2.71 bits per heavy atom. The van der Waals surface area contributed by atoms with E-state index in [1.165, 1.54) is 0 Å². The third-order valence-corrected chi connectivity index (χ3v) is 3.73. The number of aromatic nitrogens is 1. The predicted octanol–water partition coefficient (Wildman–Crippen LogP) is 1.41. The van der Waals surface area contributed by atoms with E-state index in [1.54, 1.807) is 25.1 Å². The second-order valence-corrected chi connectivity index (χ2v) is 5.37. The van der Waals surface area contributed by atoms with Gasteiger partial charge in [-0.15, -0.1) is 0 Å². The monoisotopic (exact) mass is 331 g/mol. The molecule has 1 aromatic carbocycles. The summed E-state index contributed by atoms with van der Waals surface area (Å²) in [6.07, 6.45) is 0.706. The lowest BCUT2D eigenvalue weighted by molar-refractivity contribution is -0.121. The van der Waals surface area contributed by atoms with Gasteiger partial charge in [-0.25, -0.2) is 0 Å². The van der Waals surface area contributed by atoms with Crippen LogP contribution < -0.4 is 20.3 Å². The van der Waals surface area contributed by atoms with Crippen LogP contribution in [0, 0.1) is 13.8 Å². The van der Waals surface area contributed by atoms with E-state index in [9.17, 15) is 9.59 Å². The first-order valence-corrected chi connectivity index (χ1v) is 7.45. The number of aryl methyl sites for hydroxylation is 2. The van der Waals surface area contributed by atoms with Gasteiger partial charge in [0.05, 0.1) is 5.69 Å². The largest absolute Gasteiger partial charge is 0.454 e. The molecule has 0 unspecified atom stereocenters. The number of nitrogens with zero attached hydrogens (tertiary/aromatic N) is 1. The van der Waals surface area contributed by atoms with Gasteiger partial charge in [-0.05, 0) is 38.5 Å². The molecule has 2 amide bonds. The van der Waals surface area contributed by atoms with Crippen LogP contribution in [-0.4, -0.2) is 23.8 Å². The van der Waals surface area contributed by atoms with Crippen LogP contribution >= 0.6 is 0 Å². The van der Waals surface area contributed by atoms with Gasteiger partial charge in [-0.3, -0.25) is 20.4 Å². The van der Waals surface area contributed by atoms with Gasteiger partial charge in [-0.1, -0.05) is 5.16 Å². The molecule has 0 atom stereocenters. The highest BCUT2D eigenvalue weighted by atomic mass is 16.7. The Hall–Kier alpha value is -3.03. The molecule has 1 aliphatic heterocycles. The zero-order valence-electron chi connectivity index (χ0n) is 13.3. The summed E-state index contributed by atoms with van der Waals surface area (Å²) in [5.74, 6) is 1.07. The van der Waals surface area contributed by atoms with Crippen molar-refractivity contribution < 1.29 is 23.6 Å². The molecule has 8 heteroatoms. The minimum atomic E-state index is -0.431. The van der Waals surface area contributed by atoms with Gasteiger partial charge in [-0.2, -0.15) is 0 Å². The van der Waals surface area contributed by atoms with Gasteiger partial charge < -0.3 is 14.0 Å². The van der Waals surface area contributed by atoms with Crippen molar-refractivity contribution >= 4 is 11.8 Å². The minimum Gasteiger partial charge on any atom is -0.454 e. The first-order valence-electron chi connectivity index (χ1n) is 7.45. The fourth-order valence-electron chi connectivity index (χ4n) is 2.40. The van der Waals surface area contributed by atoms with E-state index in [0.717, 1.165) is 11.3 Å². The van der Waals surface area contributed by atoms with Crippen LogP contribution in [0.5, 0.6) is 11.5 Å². The lowest BCUT2D eigenvalue weighted by Gasteiger charge is -2.08. The maximum atomic E-state index is 12.0. The van der Waals surface area contributed by atoms with Gasteiger partial charge in [0, 0.05) is 17.5 Å². The zero-order chi connectivity index (χ0) is 17.1. The minimum absolute atomic E-state index is 0.138. The summed E-state index contributed by atoms with van der Waals surface area (Å²) >= 11 is 0. The molecule has 1 aliphatic rings. The molecule has 126 valence electrons. The quantitative estimate of drug-likeness (QED) is 0.821. The second kappa shape index (κ2) is 6.61. The Balaban J connectivity index is 1.50. The first kappa shape index (κ1) is 15.9. The number of benzene rings is 1. The molecule has 8 nitrogen and oxygen atoms in total. The fraction of sp³-hybridized carbons (Fsp3) is 0.312. The average molecular weight is 331 g/mol. The highest BCUT2D eigenvalue weighted by Gasteiger charge is 2.17. The summed E-state index contributed by atoms with van der Waals surface area (Å²) in [7, 11) is 0. The van der Waals surface area contributed by atoms with Crippen molar-refractivity contribution in [3.05, 3.63) is 40.8 Å². The van der Waals surface area contributed by atoms with Crippen LogP contribution in [0.25, 0.3) is 0 Å². The Morgan fingerprint density at radius 2 is 1.96 bits per heavy atom. The van der Waals surface area contributed by atoms with E-state index < -0.39 is 5.91 Å². The Kier molecular flexibility index (Phi) is 4.37. The summed E-state index contributed by atoms with van der Waals surface area (Å²) in [5.41, 5.74) is 6.81. The zero-order valence-corrected chi connectivity index (χ0v) is 13.3. The molecule has 2 heterocycles. The molecular weight excluding hydrogens is 314 g/mol. The SMILES string of the molecule is Cc1noc(C)c1CCC(=O)NNC(=O)c1ccc2c(c1)OCO2. The molecule has 0 radical (unpaired) electrons. The molecule has 2 N–H and O–H groups in total. The van der Waals surface area contributed by atoms with Gasteiger partial charge in [0.1, 0.15) is 5.76 Å². The molecule has 0 saturated heterocycles. The Bertz CT molecular complexity index is 765. The molecule has 0 fully saturated rings. The third kappa shape index (κ3) is 3.32. The maximum Gasteiger partial charge on any atom is 0.269 e. The number of fused-ring (bicyclic) bond motifs is 1. The van der Waals surface area contributed by atoms with Crippen LogP contribution in [-0.2, 0) is 11.2 Å². The normalized spacial score (nSPS) is 12.1. The van der Waals surface area contributed by atoms with Crippen LogP contribution in [0.2, 0.25) is 0 Å². The number of ether oxygens (including phenoxy) is 2. The van der Waals surface area contributed by atoms with Crippen LogP contribution in [0.1, 0.15) is 33.8 Å². The summed E-state index contributed by atoms with van der Waals surface area (Å²) in [5, 5.41) is 3.84. The van der Waals surface area contributed by atoms with E-state index in [1.807, 2.05) is 6.92 Å². The van der Waals surface area contributed by atoms with Crippen molar-refractivity contribution in [2.45, 2.75) is 26.7 Å². The number of carbonyl (C=O) groups excluding carboxylic acids is 2. The van der Waals surface area contributed by atoms with Gasteiger partial charge in [0.2, 0.25) is 12.7 Å². The third-order valence-electron chi connectivity index (χ3n) is 3.73. The molecule has 0 saturated carbocycles. The molecule has 24 heavy (non-hydrogen) atoms. The van der Waals surface area contributed by atoms with Crippen molar-refractivity contribution in [3.63, 3.8) is 0 Å². The van der Waals surface area contributed by atoms with E-state index in [0.29, 0.717) is 29.2 Å². The van der Waals surface area contributed by atoms with Crippen molar-refractivity contribution in [1.82, 2.24) is 16.0 Å². The average Bonchev–Trinajstić information content (AvgIpc) is 3.17. The van der Waals surface area contributed by atoms with Crippen LogP contribution in [0.4, 0.5) is 0 Å². The Labute approximate surface area is 138 Å². The number of nitrogens with one attached hydrogen (secondary N) is 2. The van der Waals surface area contributed by atoms with E-state index in [-0.39, 0.29) is 19.1 Å². The fourth-order valence-corrected chi connectivity index (χ4v) is 2.40. The summed E-state index contributed by atoms with van der Waals surface area (Å²) in [6, 6.07) is 4.81. The molecule has 3 rings (SSSR count). The van der Waals surface area contributed by atoms with Gasteiger partial charge in [0.15, 0.2) is 11.5 Å². The predicted molar refractivity (Wildman–Crippen MR) is 82.5 cm³/mol. The molecule has 2 aromatic rings. The molecule has 0 spiro atoms. The van der Waals surface area contributed by atoms with Crippen LogP contribution in [0.3, 0.4) is 0 Å². The number of hydrazine groups is 1. The van der Waals surface area contributed by atoms with Gasteiger partial charge in [0.25, 0.3) is 5.91 Å². The standard InChI is InChI=1S/C16H17N3O5/c1-9-12(10(2)24-19-9)4-6-15(20)17-18-16(21)11-3-5-13-14(7-11)23-8-22-13/h3,5,7H,4,6,8H2,1-2H3,(H,17,20)(H,18,21). The van der Waals surface area contributed by atoms with E-state index in [2.05, 4.69) is 16.0 Å². The highest BCUT2D eigenvalue weighted by molar-refractivity contribution is 5.96. The molecule has 0 bridgehead atoms. The van der Waals surface area contributed by atoms with E-state index in [4.69, 9.17) is 14.0 Å². The molecular formula is C16H17N3O5. The Morgan fingerprint density at radius 1 is 1.17 bits per heavy atom. The summed E-state index contributed by atoms with van der Waals surface area (Å²) < 4.78 is 15.4. The smallest absolute Gasteiger partial charge is 0.269 e. The summed E-state index contributed by atoms with van der Waals surface area (Å²) in [6.45, 7) is 3.76. The second-order valence-electron chi connectivity index (χ2n) is 5.37. The molecule has 0 aliphatic carbocycles. The first-order chi connectivity index (χ1) is 11.5. The lowest BCUT2D eigenvalue weighted by Crippen LogP contribution is -2.41. The number of hydrogen-bond acceptors (Lipinski definition) is 6. The summed E-state index contributed by atoms with van der Waals surface area (Å²) in [4.78, 5) is 23.9. The number of carbonyl (C=O) groups is 2.